The molecule has 2 N–H and O–H groups in total. The van der Waals surface area contributed by atoms with E-state index in [1.807, 2.05) is 6.07 Å². The van der Waals surface area contributed by atoms with E-state index in [0.29, 0.717) is 6.61 Å². The average Bonchev–Trinajstić information content (AvgIpc) is 2.72. The summed E-state index contributed by atoms with van der Waals surface area (Å²) in [6.45, 7) is 0.534. The van der Waals surface area contributed by atoms with Crippen molar-refractivity contribution in [3.05, 3.63) is 35.4 Å². The van der Waals surface area contributed by atoms with Gasteiger partial charge in [0.15, 0.2) is 0 Å². The number of hydrogen-bond acceptors (Lipinski definition) is 2. The molecule has 0 saturated heterocycles. The lowest BCUT2D eigenvalue weighted by Gasteiger charge is -2.14. The molecule has 0 aromatic heterocycles. The second-order valence-corrected chi connectivity index (χ2v) is 3.99. The lowest BCUT2D eigenvalue weighted by molar-refractivity contribution is 0.123. The summed E-state index contributed by atoms with van der Waals surface area (Å²) in [5, 5.41) is 0. The second-order valence-electron chi connectivity index (χ2n) is 3.99. The third-order valence-corrected chi connectivity index (χ3v) is 3.09. The van der Waals surface area contributed by atoms with Crippen LogP contribution in [0.25, 0.3) is 0 Å². The highest BCUT2D eigenvalue weighted by Crippen LogP contribution is 2.35. The van der Waals surface area contributed by atoms with E-state index in [4.69, 9.17) is 10.7 Å². The van der Waals surface area contributed by atoms with Gasteiger partial charge in [-0.1, -0.05) is 37.1 Å². The molecule has 0 spiro atoms. The Morgan fingerprint density at radius 2 is 1.93 bits per heavy atom. The van der Waals surface area contributed by atoms with E-state index in [9.17, 15) is 0 Å². The Kier molecular flexibility index (Phi) is 3.17. The van der Waals surface area contributed by atoms with Gasteiger partial charge in [0.1, 0.15) is 0 Å². The molecule has 1 saturated carbocycles. The molecule has 1 aliphatic carbocycles. The van der Waals surface area contributed by atoms with Crippen molar-refractivity contribution >= 4 is 0 Å². The second kappa shape index (κ2) is 4.58. The van der Waals surface area contributed by atoms with Crippen molar-refractivity contribution in [3.63, 3.8) is 0 Å². The van der Waals surface area contributed by atoms with Gasteiger partial charge in [-0.15, -0.1) is 0 Å². The molecule has 2 rings (SSSR count). The molecule has 0 atom stereocenters. The number of hydrogen-bond donors (Lipinski definition) is 1. The van der Waals surface area contributed by atoms with Crippen LogP contribution in [0.5, 0.6) is 0 Å². The molecular weight excluding hydrogens is 174 g/mol. The van der Waals surface area contributed by atoms with Gasteiger partial charge in [0.05, 0.1) is 6.61 Å². The SMILES string of the molecule is NOCc1ccccc1C1CCCC1. The van der Waals surface area contributed by atoms with Gasteiger partial charge in [-0.3, -0.25) is 4.84 Å². The van der Waals surface area contributed by atoms with Crippen molar-refractivity contribution < 1.29 is 4.84 Å². The van der Waals surface area contributed by atoms with Crippen molar-refractivity contribution in [2.24, 2.45) is 5.90 Å². The van der Waals surface area contributed by atoms with Gasteiger partial charge < -0.3 is 0 Å². The summed E-state index contributed by atoms with van der Waals surface area (Å²) in [6.07, 6.45) is 5.37. The molecule has 1 aliphatic rings. The van der Waals surface area contributed by atoms with Crippen molar-refractivity contribution in [1.29, 1.82) is 0 Å². The maximum absolute atomic E-state index is 5.13. The molecule has 0 radical (unpaired) electrons. The Morgan fingerprint density at radius 3 is 2.64 bits per heavy atom. The lowest BCUT2D eigenvalue weighted by Crippen LogP contribution is -2.04. The molecule has 0 amide bonds. The Labute approximate surface area is 85.0 Å². The highest BCUT2D eigenvalue weighted by atomic mass is 16.6. The zero-order valence-electron chi connectivity index (χ0n) is 8.41. The zero-order chi connectivity index (χ0) is 9.80. The standard InChI is InChI=1S/C12H17NO/c13-14-9-11-7-3-4-8-12(11)10-5-1-2-6-10/h3-4,7-8,10H,1-2,5-6,9,13H2. The van der Waals surface area contributed by atoms with Gasteiger partial charge in [-0.25, -0.2) is 5.90 Å². The normalized spacial score (nSPS) is 17.5. The third kappa shape index (κ3) is 1.97. The van der Waals surface area contributed by atoms with Crippen LogP contribution >= 0.6 is 0 Å². The molecular formula is C12H17NO. The number of rotatable bonds is 3. The number of nitrogens with two attached hydrogens (primary N) is 1. The summed E-state index contributed by atoms with van der Waals surface area (Å²) in [5.41, 5.74) is 2.69. The minimum absolute atomic E-state index is 0.534. The van der Waals surface area contributed by atoms with Crippen molar-refractivity contribution in [2.45, 2.75) is 38.2 Å². The first kappa shape index (κ1) is 9.69. The van der Waals surface area contributed by atoms with E-state index in [-0.39, 0.29) is 0 Å². The van der Waals surface area contributed by atoms with Crippen LogP contribution in [0, 0.1) is 0 Å². The van der Waals surface area contributed by atoms with Gasteiger partial charge in [0.2, 0.25) is 0 Å². The third-order valence-electron chi connectivity index (χ3n) is 3.09. The van der Waals surface area contributed by atoms with Gasteiger partial charge in [0, 0.05) is 0 Å². The van der Waals surface area contributed by atoms with Crippen molar-refractivity contribution in [1.82, 2.24) is 0 Å². The molecule has 0 aliphatic heterocycles. The Morgan fingerprint density at radius 1 is 1.21 bits per heavy atom. The molecule has 14 heavy (non-hydrogen) atoms. The van der Waals surface area contributed by atoms with E-state index in [2.05, 4.69) is 18.2 Å². The Hall–Kier alpha value is -0.860. The minimum Gasteiger partial charge on any atom is -0.300 e. The van der Waals surface area contributed by atoms with E-state index in [1.54, 1.807) is 0 Å². The van der Waals surface area contributed by atoms with Crippen LogP contribution in [-0.2, 0) is 11.4 Å². The quantitative estimate of drug-likeness (QED) is 0.745. The van der Waals surface area contributed by atoms with E-state index >= 15 is 0 Å². The average molecular weight is 191 g/mol. The molecule has 0 unspecified atom stereocenters. The molecule has 2 nitrogen and oxygen atoms in total. The summed E-state index contributed by atoms with van der Waals surface area (Å²) in [6, 6.07) is 8.48. The maximum Gasteiger partial charge on any atom is 0.0932 e. The fourth-order valence-electron chi connectivity index (χ4n) is 2.39. The van der Waals surface area contributed by atoms with Crippen LogP contribution in [0.2, 0.25) is 0 Å². The van der Waals surface area contributed by atoms with Crippen LogP contribution in [-0.4, -0.2) is 0 Å². The summed E-state index contributed by atoms with van der Waals surface area (Å²) < 4.78 is 0. The summed E-state index contributed by atoms with van der Waals surface area (Å²) >= 11 is 0. The highest BCUT2D eigenvalue weighted by Gasteiger charge is 2.19. The van der Waals surface area contributed by atoms with E-state index in [0.717, 1.165) is 5.92 Å². The predicted octanol–water partition coefficient (Wildman–Crippen LogP) is 2.73. The van der Waals surface area contributed by atoms with Crippen LogP contribution in [0.15, 0.2) is 24.3 Å². The first-order valence-electron chi connectivity index (χ1n) is 5.31. The first-order chi connectivity index (χ1) is 6.92. The fraction of sp³-hybridized carbons (Fsp3) is 0.500. The minimum atomic E-state index is 0.534. The maximum atomic E-state index is 5.13. The summed E-state index contributed by atoms with van der Waals surface area (Å²) in [4.78, 5) is 4.73. The lowest BCUT2D eigenvalue weighted by atomic mass is 9.93. The van der Waals surface area contributed by atoms with Gasteiger partial charge in [-0.05, 0) is 29.9 Å². The smallest absolute Gasteiger partial charge is 0.0932 e. The monoisotopic (exact) mass is 191 g/mol. The Bertz CT molecular complexity index is 292. The van der Waals surface area contributed by atoms with E-state index < -0.39 is 0 Å². The summed E-state index contributed by atoms with van der Waals surface area (Å²) in [5.74, 6) is 5.87. The fourth-order valence-corrected chi connectivity index (χ4v) is 2.39. The molecule has 1 aromatic carbocycles. The largest absolute Gasteiger partial charge is 0.300 e. The Balaban J connectivity index is 2.21. The van der Waals surface area contributed by atoms with Crippen molar-refractivity contribution in [2.75, 3.05) is 0 Å². The van der Waals surface area contributed by atoms with Gasteiger partial charge in [0.25, 0.3) is 0 Å². The molecule has 1 fully saturated rings. The molecule has 2 heteroatoms. The first-order valence-corrected chi connectivity index (χ1v) is 5.31. The van der Waals surface area contributed by atoms with Crippen LogP contribution in [0.3, 0.4) is 0 Å². The van der Waals surface area contributed by atoms with Crippen molar-refractivity contribution in [3.8, 4) is 0 Å². The molecule has 76 valence electrons. The summed E-state index contributed by atoms with van der Waals surface area (Å²) in [7, 11) is 0. The van der Waals surface area contributed by atoms with Crippen LogP contribution in [0.4, 0.5) is 0 Å². The molecule has 0 heterocycles. The highest BCUT2D eigenvalue weighted by molar-refractivity contribution is 5.30. The molecule has 0 bridgehead atoms. The molecule has 1 aromatic rings. The number of benzene rings is 1. The zero-order valence-corrected chi connectivity index (χ0v) is 8.41. The van der Waals surface area contributed by atoms with Crippen LogP contribution < -0.4 is 5.90 Å². The van der Waals surface area contributed by atoms with E-state index in [1.165, 1.54) is 36.8 Å². The predicted molar refractivity (Wildman–Crippen MR) is 56.6 cm³/mol. The van der Waals surface area contributed by atoms with Crippen LogP contribution in [0.1, 0.15) is 42.7 Å². The van der Waals surface area contributed by atoms with Gasteiger partial charge >= 0.3 is 0 Å². The van der Waals surface area contributed by atoms with Gasteiger partial charge in [-0.2, -0.15) is 0 Å². The topological polar surface area (TPSA) is 35.2 Å².